The van der Waals surface area contributed by atoms with E-state index >= 15 is 0 Å². The maximum atomic E-state index is 11.1. The number of hydrogen-bond donors (Lipinski definition) is 1. The summed E-state index contributed by atoms with van der Waals surface area (Å²) in [5, 5.41) is 0. The van der Waals surface area contributed by atoms with E-state index in [1.807, 2.05) is 4.90 Å². The standard InChI is InChI=1S/C6H9N3OS/c7-6-8-5(10)4-3-11-2-1-9(4)6/h4H,1-3H2,(H2,7,8,10). The van der Waals surface area contributed by atoms with Crippen LogP contribution in [-0.4, -0.2) is 40.9 Å². The molecule has 0 aromatic rings. The number of nitrogens with two attached hydrogens (primary N) is 1. The molecule has 0 bridgehead atoms. The lowest BCUT2D eigenvalue weighted by Crippen LogP contribution is -2.47. The van der Waals surface area contributed by atoms with E-state index in [2.05, 4.69) is 4.99 Å². The zero-order valence-corrected chi connectivity index (χ0v) is 6.80. The molecule has 2 rings (SSSR count). The predicted octanol–water partition coefficient (Wildman–Crippen LogP) is -0.741. The normalized spacial score (nSPS) is 30.2. The van der Waals surface area contributed by atoms with Crippen LogP contribution < -0.4 is 5.73 Å². The molecule has 4 nitrogen and oxygen atoms in total. The number of nitrogens with zero attached hydrogens (tertiary/aromatic N) is 2. The Labute approximate surface area is 68.8 Å². The second-order valence-corrected chi connectivity index (χ2v) is 3.74. The van der Waals surface area contributed by atoms with Crippen LogP contribution in [0.5, 0.6) is 0 Å². The van der Waals surface area contributed by atoms with E-state index in [0.29, 0.717) is 5.96 Å². The van der Waals surface area contributed by atoms with Gasteiger partial charge < -0.3 is 10.6 Å². The molecule has 1 unspecified atom stereocenters. The van der Waals surface area contributed by atoms with Crippen LogP contribution in [0.15, 0.2) is 4.99 Å². The molecule has 2 heterocycles. The van der Waals surface area contributed by atoms with Gasteiger partial charge in [-0.25, -0.2) is 0 Å². The fourth-order valence-electron chi connectivity index (χ4n) is 1.33. The molecule has 1 fully saturated rings. The first-order valence-corrected chi connectivity index (χ1v) is 4.67. The fourth-order valence-corrected chi connectivity index (χ4v) is 2.37. The monoisotopic (exact) mass is 171 g/mol. The zero-order chi connectivity index (χ0) is 7.84. The Morgan fingerprint density at radius 2 is 2.55 bits per heavy atom. The van der Waals surface area contributed by atoms with Crippen molar-refractivity contribution < 1.29 is 4.79 Å². The Kier molecular flexibility index (Phi) is 1.52. The molecule has 0 aromatic heterocycles. The van der Waals surface area contributed by atoms with Gasteiger partial charge in [-0.2, -0.15) is 16.8 Å². The van der Waals surface area contributed by atoms with Gasteiger partial charge in [0.2, 0.25) is 0 Å². The van der Waals surface area contributed by atoms with Crippen LogP contribution in [0.25, 0.3) is 0 Å². The Balaban J connectivity index is 2.21. The minimum Gasteiger partial charge on any atom is -0.369 e. The van der Waals surface area contributed by atoms with E-state index in [9.17, 15) is 4.79 Å². The molecule has 5 heteroatoms. The molecule has 2 aliphatic rings. The fraction of sp³-hybridized carbons (Fsp3) is 0.667. The number of carbonyl (C=O) groups is 1. The number of rotatable bonds is 0. The Hall–Kier alpha value is -0.710. The molecule has 0 radical (unpaired) electrons. The molecule has 1 amide bonds. The number of guanidine groups is 1. The van der Waals surface area contributed by atoms with Crippen LogP contribution in [0.4, 0.5) is 0 Å². The van der Waals surface area contributed by atoms with Crippen molar-refractivity contribution in [3.8, 4) is 0 Å². The molecular weight excluding hydrogens is 162 g/mol. The Morgan fingerprint density at radius 1 is 1.73 bits per heavy atom. The number of aliphatic imine (C=N–C) groups is 1. The number of thioether (sulfide) groups is 1. The summed E-state index contributed by atoms with van der Waals surface area (Å²) in [5.41, 5.74) is 5.53. The molecule has 2 N–H and O–H groups in total. The summed E-state index contributed by atoms with van der Waals surface area (Å²) in [6, 6.07) is -0.0613. The van der Waals surface area contributed by atoms with Crippen LogP contribution in [0.3, 0.4) is 0 Å². The van der Waals surface area contributed by atoms with Gasteiger partial charge in [0.25, 0.3) is 5.91 Å². The minimum atomic E-state index is -0.0744. The largest absolute Gasteiger partial charge is 0.369 e. The average molecular weight is 171 g/mol. The molecule has 0 saturated carbocycles. The van der Waals surface area contributed by atoms with Crippen molar-refractivity contribution in [1.29, 1.82) is 0 Å². The highest BCUT2D eigenvalue weighted by atomic mass is 32.2. The topological polar surface area (TPSA) is 58.7 Å². The Morgan fingerprint density at radius 3 is 3.27 bits per heavy atom. The third-order valence-electron chi connectivity index (χ3n) is 1.93. The molecule has 2 aliphatic heterocycles. The van der Waals surface area contributed by atoms with Crippen molar-refractivity contribution in [2.24, 2.45) is 10.7 Å². The van der Waals surface area contributed by atoms with Gasteiger partial charge in [-0.05, 0) is 0 Å². The van der Waals surface area contributed by atoms with Crippen molar-refractivity contribution in [2.45, 2.75) is 6.04 Å². The van der Waals surface area contributed by atoms with Gasteiger partial charge >= 0.3 is 0 Å². The third-order valence-corrected chi connectivity index (χ3v) is 2.96. The van der Waals surface area contributed by atoms with Gasteiger partial charge in [0.15, 0.2) is 5.96 Å². The average Bonchev–Trinajstić information content (AvgIpc) is 2.30. The van der Waals surface area contributed by atoms with Crippen molar-refractivity contribution in [3.05, 3.63) is 0 Å². The summed E-state index contributed by atoms with van der Waals surface area (Å²) in [7, 11) is 0. The maximum Gasteiger partial charge on any atom is 0.272 e. The highest BCUT2D eigenvalue weighted by Gasteiger charge is 2.35. The van der Waals surface area contributed by atoms with Crippen LogP contribution in [0.2, 0.25) is 0 Å². The van der Waals surface area contributed by atoms with Crippen LogP contribution in [0, 0.1) is 0 Å². The molecule has 60 valence electrons. The van der Waals surface area contributed by atoms with E-state index in [4.69, 9.17) is 5.73 Å². The summed E-state index contributed by atoms with van der Waals surface area (Å²) in [6.07, 6.45) is 0. The number of fused-ring (bicyclic) bond motifs is 1. The first-order valence-electron chi connectivity index (χ1n) is 3.51. The highest BCUT2D eigenvalue weighted by Crippen LogP contribution is 2.20. The molecule has 1 atom stereocenters. The summed E-state index contributed by atoms with van der Waals surface area (Å²) in [6.45, 7) is 0.858. The summed E-state index contributed by atoms with van der Waals surface area (Å²) in [5.74, 6) is 2.21. The third kappa shape index (κ3) is 0.994. The highest BCUT2D eigenvalue weighted by molar-refractivity contribution is 7.99. The summed E-state index contributed by atoms with van der Waals surface area (Å²) < 4.78 is 0. The minimum absolute atomic E-state index is 0.0613. The van der Waals surface area contributed by atoms with E-state index in [1.54, 1.807) is 11.8 Å². The molecule has 1 saturated heterocycles. The second-order valence-electron chi connectivity index (χ2n) is 2.59. The van der Waals surface area contributed by atoms with E-state index in [-0.39, 0.29) is 11.9 Å². The Bertz CT molecular complexity index is 228. The van der Waals surface area contributed by atoms with Crippen molar-refractivity contribution in [2.75, 3.05) is 18.1 Å². The number of hydrogen-bond acceptors (Lipinski definition) is 4. The van der Waals surface area contributed by atoms with E-state index in [1.165, 1.54) is 0 Å². The lowest BCUT2D eigenvalue weighted by molar-refractivity contribution is -0.119. The van der Waals surface area contributed by atoms with Gasteiger partial charge in [0, 0.05) is 18.1 Å². The number of amides is 1. The van der Waals surface area contributed by atoms with Crippen LogP contribution >= 0.6 is 11.8 Å². The van der Waals surface area contributed by atoms with Gasteiger partial charge in [-0.3, -0.25) is 4.79 Å². The maximum absolute atomic E-state index is 11.1. The second kappa shape index (κ2) is 2.41. The van der Waals surface area contributed by atoms with Gasteiger partial charge in [0.05, 0.1) is 0 Å². The molecular formula is C6H9N3OS. The number of carbonyl (C=O) groups excluding carboxylic acids is 1. The van der Waals surface area contributed by atoms with Crippen molar-refractivity contribution in [3.63, 3.8) is 0 Å². The predicted molar refractivity (Wildman–Crippen MR) is 44.4 cm³/mol. The van der Waals surface area contributed by atoms with Crippen molar-refractivity contribution >= 4 is 23.6 Å². The van der Waals surface area contributed by atoms with Crippen LogP contribution in [0.1, 0.15) is 0 Å². The van der Waals surface area contributed by atoms with Crippen molar-refractivity contribution in [1.82, 2.24) is 4.90 Å². The van der Waals surface area contributed by atoms with Crippen LogP contribution in [-0.2, 0) is 4.79 Å². The first kappa shape index (κ1) is 6.97. The lowest BCUT2D eigenvalue weighted by atomic mass is 10.3. The van der Waals surface area contributed by atoms with E-state index in [0.717, 1.165) is 18.1 Å². The van der Waals surface area contributed by atoms with Gasteiger partial charge in [-0.15, -0.1) is 0 Å². The van der Waals surface area contributed by atoms with Gasteiger partial charge in [0.1, 0.15) is 6.04 Å². The SMILES string of the molecule is NC1=NC(=O)C2CSCCN12. The van der Waals surface area contributed by atoms with E-state index < -0.39 is 0 Å². The molecule has 0 aliphatic carbocycles. The molecule has 11 heavy (non-hydrogen) atoms. The quantitative estimate of drug-likeness (QED) is 0.521. The molecule has 0 spiro atoms. The summed E-state index contributed by atoms with van der Waals surface area (Å²) in [4.78, 5) is 16.7. The summed E-state index contributed by atoms with van der Waals surface area (Å²) >= 11 is 1.79. The lowest BCUT2D eigenvalue weighted by Gasteiger charge is -2.28. The smallest absolute Gasteiger partial charge is 0.272 e. The first-order chi connectivity index (χ1) is 5.29. The zero-order valence-electron chi connectivity index (χ0n) is 5.99. The molecule has 0 aromatic carbocycles. The van der Waals surface area contributed by atoms with Gasteiger partial charge in [-0.1, -0.05) is 0 Å².